The summed E-state index contributed by atoms with van der Waals surface area (Å²) in [6, 6.07) is 15.3. The first-order valence-electron chi connectivity index (χ1n) is 13.3. The molecule has 0 radical (unpaired) electrons. The number of nitrogens with zero attached hydrogens (tertiary/aromatic N) is 3. The molecule has 3 amide bonds. The second kappa shape index (κ2) is 12.5. The van der Waals surface area contributed by atoms with Crippen LogP contribution in [-0.4, -0.2) is 58.5 Å². The van der Waals surface area contributed by atoms with Crippen molar-refractivity contribution in [2.24, 2.45) is 11.1 Å². The molecule has 12 nitrogen and oxygen atoms in total. The van der Waals surface area contributed by atoms with Gasteiger partial charge in [0, 0.05) is 24.3 Å². The van der Waals surface area contributed by atoms with E-state index in [1.165, 1.54) is 12.1 Å². The summed E-state index contributed by atoms with van der Waals surface area (Å²) in [4.78, 5) is 47.3. The number of carbonyl (C=O) groups excluding carboxylic acids is 3. The third-order valence-electron chi connectivity index (χ3n) is 6.49. The SMILES string of the molecule is CC(C)(CNC(=O)C(N)=O)CNC(=O)c1ccc(Nc2nc(NC3(c4ccccc4)CC3)nc(OCC(F)(F)F)n2)cc1. The Morgan fingerprint density at radius 1 is 0.907 bits per heavy atom. The van der Waals surface area contributed by atoms with Crippen LogP contribution in [0.15, 0.2) is 54.6 Å². The van der Waals surface area contributed by atoms with Crippen molar-refractivity contribution in [1.82, 2.24) is 25.6 Å². The molecule has 228 valence electrons. The van der Waals surface area contributed by atoms with E-state index in [1.807, 2.05) is 30.3 Å². The first-order valence-corrected chi connectivity index (χ1v) is 13.3. The molecule has 0 aliphatic heterocycles. The van der Waals surface area contributed by atoms with Crippen LogP contribution in [0.25, 0.3) is 0 Å². The number of hydrogen-bond donors (Lipinski definition) is 5. The number of hydrogen-bond acceptors (Lipinski definition) is 9. The number of rotatable bonds is 12. The summed E-state index contributed by atoms with van der Waals surface area (Å²) < 4.78 is 43.3. The number of halogens is 3. The van der Waals surface area contributed by atoms with E-state index in [-0.39, 0.29) is 30.9 Å². The first-order chi connectivity index (χ1) is 20.2. The van der Waals surface area contributed by atoms with Gasteiger partial charge in [-0.25, -0.2) is 0 Å². The Kier molecular flexibility index (Phi) is 9.01. The molecule has 1 heterocycles. The lowest BCUT2D eigenvalue weighted by atomic mass is 9.93. The fraction of sp³-hybridized carbons (Fsp3) is 0.357. The van der Waals surface area contributed by atoms with Crippen molar-refractivity contribution in [3.8, 4) is 6.01 Å². The zero-order valence-electron chi connectivity index (χ0n) is 23.4. The Morgan fingerprint density at radius 2 is 1.53 bits per heavy atom. The second-order valence-corrected chi connectivity index (χ2v) is 10.8. The second-order valence-electron chi connectivity index (χ2n) is 10.8. The lowest BCUT2D eigenvalue weighted by molar-refractivity contribution is -0.154. The average Bonchev–Trinajstić information content (AvgIpc) is 3.74. The van der Waals surface area contributed by atoms with E-state index in [1.54, 1.807) is 26.0 Å². The van der Waals surface area contributed by atoms with Crippen molar-refractivity contribution >= 4 is 35.3 Å². The maximum atomic E-state index is 12.8. The lowest BCUT2D eigenvalue weighted by Gasteiger charge is -2.25. The molecular formula is C28H31F3N8O4. The number of nitrogens with one attached hydrogen (secondary N) is 4. The van der Waals surface area contributed by atoms with Gasteiger partial charge in [-0.3, -0.25) is 14.4 Å². The van der Waals surface area contributed by atoms with Gasteiger partial charge in [0.25, 0.3) is 5.91 Å². The molecule has 0 bridgehead atoms. The number of anilines is 3. The van der Waals surface area contributed by atoms with Gasteiger partial charge in [-0.1, -0.05) is 44.2 Å². The maximum absolute atomic E-state index is 12.8. The van der Waals surface area contributed by atoms with Gasteiger partial charge in [-0.2, -0.15) is 28.1 Å². The fourth-order valence-corrected chi connectivity index (χ4v) is 3.99. The molecule has 0 spiro atoms. The summed E-state index contributed by atoms with van der Waals surface area (Å²) in [5.74, 6) is -2.41. The predicted octanol–water partition coefficient (Wildman–Crippen LogP) is 3.02. The number of benzene rings is 2. The number of ether oxygens (including phenoxy) is 1. The molecule has 1 fully saturated rings. The number of alkyl halides is 3. The minimum atomic E-state index is -4.58. The Labute approximate surface area is 245 Å². The molecule has 3 aromatic rings. The van der Waals surface area contributed by atoms with E-state index in [0.29, 0.717) is 11.3 Å². The molecule has 1 saturated carbocycles. The van der Waals surface area contributed by atoms with Gasteiger partial charge < -0.3 is 31.7 Å². The van der Waals surface area contributed by atoms with E-state index in [4.69, 9.17) is 10.5 Å². The third kappa shape index (κ3) is 9.02. The Balaban J connectivity index is 1.43. The number of amides is 3. The summed E-state index contributed by atoms with van der Waals surface area (Å²) in [6.45, 7) is 2.31. The molecule has 15 heteroatoms. The van der Waals surface area contributed by atoms with Crippen molar-refractivity contribution < 1.29 is 32.3 Å². The van der Waals surface area contributed by atoms with Crippen molar-refractivity contribution in [1.29, 1.82) is 0 Å². The molecule has 0 unspecified atom stereocenters. The molecule has 2 aromatic carbocycles. The minimum Gasteiger partial charge on any atom is -0.454 e. The van der Waals surface area contributed by atoms with Crippen molar-refractivity contribution in [2.45, 2.75) is 38.4 Å². The predicted molar refractivity (Wildman–Crippen MR) is 150 cm³/mol. The number of nitrogens with two attached hydrogens (primary N) is 1. The zero-order valence-corrected chi connectivity index (χ0v) is 23.4. The molecule has 1 aliphatic carbocycles. The summed E-state index contributed by atoms with van der Waals surface area (Å²) in [7, 11) is 0. The Bertz CT molecular complexity index is 1460. The fourth-order valence-electron chi connectivity index (χ4n) is 3.99. The van der Waals surface area contributed by atoms with Crippen LogP contribution in [0.1, 0.15) is 42.6 Å². The van der Waals surface area contributed by atoms with Gasteiger partial charge in [0.05, 0.1) is 5.54 Å². The highest BCUT2D eigenvalue weighted by Gasteiger charge is 2.45. The Hall–Kier alpha value is -4.95. The van der Waals surface area contributed by atoms with E-state index >= 15 is 0 Å². The van der Waals surface area contributed by atoms with Crippen molar-refractivity contribution in [2.75, 3.05) is 30.3 Å². The first kappa shape index (κ1) is 31.0. The zero-order chi connectivity index (χ0) is 31.3. The van der Waals surface area contributed by atoms with Crippen LogP contribution in [0.3, 0.4) is 0 Å². The van der Waals surface area contributed by atoms with E-state index < -0.39 is 41.6 Å². The summed E-state index contributed by atoms with van der Waals surface area (Å²) in [6.07, 6.45) is -3.02. The van der Waals surface area contributed by atoms with Crippen LogP contribution >= 0.6 is 0 Å². The molecule has 4 rings (SSSR count). The van der Waals surface area contributed by atoms with Crippen LogP contribution < -0.4 is 31.7 Å². The van der Waals surface area contributed by atoms with Gasteiger partial charge in [-0.15, -0.1) is 0 Å². The highest BCUT2D eigenvalue weighted by Crippen LogP contribution is 2.47. The largest absolute Gasteiger partial charge is 0.454 e. The normalized spacial score (nSPS) is 13.9. The number of carbonyl (C=O) groups is 3. The lowest BCUT2D eigenvalue weighted by Crippen LogP contribution is -2.45. The van der Waals surface area contributed by atoms with E-state index in [9.17, 15) is 27.6 Å². The Morgan fingerprint density at radius 3 is 2.14 bits per heavy atom. The van der Waals surface area contributed by atoms with Gasteiger partial charge in [0.2, 0.25) is 11.9 Å². The molecular weight excluding hydrogens is 569 g/mol. The standard InChI is InChI=1S/C28H31F3N8O4/c1-26(2,15-34-22(42)20(32)40)14-33-21(41)17-8-10-19(11-9-17)35-23-36-24(38-25(37-23)43-16-28(29,30)31)39-27(12-13-27)18-6-4-3-5-7-18/h3-11H,12-16H2,1-2H3,(H2,32,40)(H,33,41)(H,34,42)(H2,35,36,37,38,39). The quantitative estimate of drug-likeness (QED) is 0.196. The molecule has 1 aliphatic rings. The molecule has 1 aromatic heterocycles. The van der Waals surface area contributed by atoms with Gasteiger partial charge in [0.1, 0.15) is 0 Å². The monoisotopic (exact) mass is 600 g/mol. The van der Waals surface area contributed by atoms with Crippen LogP contribution in [0, 0.1) is 5.41 Å². The van der Waals surface area contributed by atoms with E-state index in [0.717, 1.165) is 18.4 Å². The molecule has 6 N–H and O–H groups in total. The number of primary amides is 1. The third-order valence-corrected chi connectivity index (χ3v) is 6.49. The highest BCUT2D eigenvalue weighted by molar-refractivity contribution is 6.34. The van der Waals surface area contributed by atoms with Crippen LogP contribution in [-0.2, 0) is 15.1 Å². The van der Waals surface area contributed by atoms with Gasteiger partial charge >= 0.3 is 24.0 Å². The van der Waals surface area contributed by atoms with Crippen molar-refractivity contribution in [3.63, 3.8) is 0 Å². The smallest absolute Gasteiger partial charge is 0.422 e. The topological polar surface area (TPSA) is 173 Å². The van der Waals surface area contributed by atoms with Crippen molar-refractivity contribution in [3.05, 3.63) is 65.7 Å². The minimum absolute atomic E-state index is 0.0432. The van der Waals surface area contributed by atoms with Crippen LogP contribution in [0.4, 0.5) is 30.8 Å². The summed E-state index contributed by atoms with van der Waals surface area (Å²) in [5.41, 5.74) is 5.69. The van der Waals surface area contributed by atoms with E-state index in [2.05, 4.69) is 36.2 Å². The van der Waals surface area contributed by atoms with Gasteiger partial charge in [-0.05, 0) is 48.1 Å². The maximum Gasteiger partial charge on any atom is 0.422 e. The summed E-state index contributed by atoms with van der Waals surface area (Å²) >= 11 is 0. The van der Waals surface area contributed by atoms with Crippen LogP contribution in [0.5, 0.6) is 6.01 Å². The average molecular weight is 601 g/mol. The highest BCUT2D eigenvalue weighted by atomic mass is 19.4. The van der Waals surface area contributed by atoms with Gasteiger partial charge in [0.15, 0.2) is 6.61 Å². The summed E-state index contributed by atoms with van der Waals surface area (Å²) in [5, 5.41) is 11.3. The number of aromatic nitrogens is 3. The molecule has 43 heavy (non-hydrogen) atoms. The van der Waals surface area contributed by atoms with Crippen LogP contribution in [0.2, 0.25) is 0 Å². The molecule has 0 atom stereocenters. The molecule has 0 saturated heterocycles.